The molecule has 4 heteroatoms. The van der Waals surface area contributed by atoms with Crippen molar-refractivity contribution >= 4 is 5.91 Å². The molecule has 138 valence electrons. The van der Waals surface area contributed by atoms with Crippen molar-refractivity contribution in [1.82, 2.24) is 5.32 Å². The van der Waals surface area contributed by atoms with Crippen LogP contribution in [0.4, 0.5) is 8.78 Å². The average Bonchev–Trinajstić information content (AvgIpc) is 3.14. The number of hydrogen-bond donors (Lipinski definition) is 1. The van der Waals surface area contributed by atoms with Gasteiger partial charge in [0.2, 0.25) is 5.91 Å². The summed E-state index contributed by atoms with van der Waals surface area (Å²) in [5, 5.41) is 3.02. The van der Waals surface area contributed by atoms with Crippen molar-refractivity contribution in [2.45, 2.75) is 70.6 Å². The normalized spacial score (nSPS) is 25.6. The van der Waals surface area contributed by atoms with Gasteiger partial charge in [0.15, 0.2) is 0 Å². The number of amides is 1. The molecule has 2 fully saturated rings. The molecule has 1 N–H and O–H groups in total. The zero-order chi connectivity index (χ0) is 18.1. The topological polar surface area (TPSA) is 29.1 Å². The van der Waals surface area contributed by atoms with Crippen LogP contribution in [0.15, 0.2) is 18.2 Å². The van der Waals surface area contributed by atoms with Crippen molar-refractivity contribution in [3.63, 3.8) is 0 Å². The Kier molecular flexibility index (Phi) is 5.17. The molecule has 25 heavy (non-hydrogen) atoms. The molecule has 0 radical (unpaired) electrons. The third kappa shape index (κ3) is 3.88. The van der Waals surface area contributed by atoms with Crippen molar-refractivity contribution in [2.75, 3.05) is 6.54 Å². The predicted octanol–water partition coefficient (Wildman–Crippen LogP) is 5.11. The van der Waals surface area contributed by atoms with E-state index in [-0.39, 0.29) is 11.3 Å². The van der Waals surface area contributed by atoms with E-state index < -0.39 is 17.0 Å². The molecule has 0 spiro atoms. The summed E-state index contributed by atoms with van der Waals surface area (Å²) in [5.74, 6) is -0.344. The number of halogens is 2. The fraction of sp³-hybridized carbons (Fsp3) is 0.667. The summed E-state index contributed by atoms with van der Waals surface area (Å²) in [7, 11) is 0. The maximum atomic E-state index is 14.3. The summed E-state index contributed by atoms with van der Waals surface area (Å²) < 4.78 is 27.5. The van der Waals surface area contributed by atoms with Crippen LogP contribution in [0.5, 0.6) is 0 Å². The summed E-state index contributed by atoms with van der Waals surface area (Å²) in [6.45, 7) is 4.57. The Labute approximate surface area is 149 Å². The number of carbonyl (C=O) groups excluding carboxylic acids is 1. The molecular weight excluding hydrogens is 320 g/mol. The second kappa shape index (κ2) is 7.05. The standard InChI is InChI=1S/C21H29F2NO/c1-20(2)13-21(20,17-10-9-16(22)12-18(17)23)14-24-19(25)11-8-15-6-4-3-5-7-15/h9-10,12,15H,3-8,11,13-14H2,1-2H3,(H,24,25). The lowest BCUT2D eigenvalue weighted by molar-refractivity contribution is -0.121. The maximum absolute atomic E-state index is 14.3. The first-order valence-electron chi connectivity index (χ1n) is 9.56. The maximum Gasteiger partial charge on any atom is 0.220 e. The first kappa shape index (κ1) is 18.3. The lowest BCUT2D eigenvalue weighted by Gasteiger charge is -2.24. The van der Waals surface area contributed by atoms with Gasteiger partial charge in [-0.3, -0.25) is 4.79 Å². The molecule has 0 bridgehead atoms. The summed E-state index contributed by atoms with van der Waals surface area (Å²) in [6, 6.07) is 3.78. The highest BCUT2D eigenvalue weighted by Crippen LogP contribution is 2.64. The highest BCUT2D eigenvalue weighted by molar-refractivity contribution is 5.76. The van der Waals surface area contributed by atoms with Gasteiger partial charge in [-0.15, -0.1) is 0 Å². The van der Waals surface area contributed by atoms with E-state index in [4.69, 9.17) is 0 Å². The van der Waals surface area contributed by atoms with Gasteiger partial charge < -0.3 is 5.32 Å². The van der Waals surface area contributed by atoms with Gasteiger partial charge in [-0.25, -0.2) is 8.78 Å². The van der Waals surface area contributed by atoms with Crippen LogP contribution >= 0.6 is 0 Å². The molecule has 0 saturated heterocycles. The van der Waals surface area contributed by atoms with Gasteiger partial charge in [-0.1, -0.05) is 52.0 Å². The predicted molar refractivity (Wildman–Crippen MR) is 95.3 cm³/mol. The largest absolute Gasteiger partial charge is 0.355 e. The minimum atomic E-state index is -0.564. The van der Waals surface area contributed by atoms with Crippen LogP contribution in [0.2, 0.25) is 0 Å². The fourth-order valence-corrected chi connectivity index (χ4v) is 4.59. The summed E-state index contributed by atoms with van der Waals surface area (Å²) in [4.78, 5) is 12.3. The Bertz CT molecular complexity index is 637. The van der Waals surface area contributed by atoms with Crippen molar-refractivity contribution in [2.24, 2.45) is 11.3 Å². The van der Waals surface area contributed by atoms with Crippen LogP contribution in [-0.2, 0) is 10.2 Å². The Morgan fingerprint density at radius 3 is 2.48 bits per heavy atom. The van der Waals surface area contributed by atoms with E-state index in [2.05, 4.69) is 19.2 Å². The van der Waals surface area contributed by atoms with Crippen LogP contribution < -0.4 is 5.32 Å². The molecule has 0 aliphatic heterocycles. The van der Waals surface area contributed by atoms with Crippen LogP contribution in [-0.4, -0.2) is 12.5 Å². The number of rotatable bonds is 6. The molecule has 2 nitrogen and oxygen atoms in total. The number of benzene rings is 1. The van der Waals surface area contributed by atoms with Crippen molar-refractivity contribution in [3.05, 3.63) is 35.4 Å². The van der Waals surface area contributed by atoms with Crippen molar-refractivity contribution in [1.29, 1.82) is 0 Å². The number of hydrogen-bond acceptors (Lipinski definition) is 1. The molecule has 1 amide bonds. The monoisotopic (exact) mass is 349 g/mol. The molecule has 0 aromatic heterocycles. The van der Waals surface area contributed by atoms with Gasteiger partial charge in [0.25, 0.3) is 0 Å². The molecule has 3 rings (SSSR count). The Hall–Kier alpha value is -1.45. The number of nitrogens with one attached hydrogen (secondary N) is 1. The Balaban J connectivity index is 1.58. The van der Waals surface area contributed by atoms with E-state index >= 15 is 0 Å². The molecular formula is C21H29F2NO. The van der Waals surface area contributed by atoms with E-state index in [9.17, 15) is 13.6 Å². The molecule has 1 aromatic rings. The van der Waals surface area contributed by atoms with E-state index in [1.165, 1.54) is 44.2 Å². The molecule has 1 unspecified atom stereocenters. The molecule has 1 atom stereocenters. The Morgan fingerprint density at radius 1 is 1.20 bits per heavy atom. The summed E-state index contributed by atoms with van der Waals surface area (Å²) in [5.41, 5.74) is -0.000348. The summed E-state index contributed by atoms with van der Waals surface area (Å²) >= 11 is 0. The molecule has 0 heterocycles. The first-order chi connectivity index (χ1) is 11.8. The van der Waals surface area contributed by atoms with Crippen LogP contribution in [0.3, 0.4) is 0 Å². The highest BCUT2D eigenvalue weighted by atomic mass is 19.1. The molecule has 1 aromatic carbocycles. The average molecular weight is 349 g/mol. The van der Waals surface area contributed by atoms with E-state index in [0.29, 0.717) is 24.4 Å². The van der Waals surface area contributed by atoms with Crippen molar-refractivity contribution < 1.29 is 13.6 Å². The lowest BCUT2D eigenvalue weighted by atomic mass is 9.85. The second-order valence-electron chi connectivity index (χ2n) is 8.59. The van der Waals surface area contributed by atoms with Crippen LogP contribution in [0, 0.1) is 23.0 Å². The minimum Gasteiger partial charge on any atom is -0.355 e. The molecule has 2 saturated carbocycles. The smallest absolute Gasteiger partial charge is 0.220 e. The van der Waals surface area contributed by atoms with Gasteiger partial charge in [-0.2, -0.15) is 0 Å². The molecule has 2 aliphatic rings. The quantitative estimate of drug-likeness (QED) is 0.760. The highest BCUT2D eigenvalue weighted by Gasteiger charge is 2.62. The zero-order valence-electron chi connectivity index (χ0n) is 15.3. The van der Waals surface area contributed by atoms with Gasteiger partial charge in [-0.05, 0) is 35.8 Å². The van der Waals surface area contributed by atoms with E-state index in [1.54, 1.807) is 0 Å². The Morgan fingerprint density at radius 2 is 1.88 bits per heavy atom. The van der Waals surface area contributed by atoms with E-state index in [0.717, 1.165) is 18.9 Å². The first-order valence-corrected chi connectivity index (χ1v) is 9.56. The fourth-order valence-electron chi connectivity index (χ4n) is 4.59. The zero-order valence-corrected chi connectivity index (χ0v) is 15.3. The summed E-state index contributed by atoms with van der Waals surface area (Å²) in [6.07, 6.45) is 8.67. The van der Waals surface area contributed by atoms with Crippen LogP contribution in [0.25, 0.3) is 0 Å². The number of carbonyl (C=O) groups is 1. The van der Waals surface area contributed by atoms with Crippen molar-refractivity contribution in [3.8, 4) is 0 Å². The van der Waals surface area contributed by atoms with Gasteiger partial charge in [0.05, 0.1) is 0 Å². The minimum absolute atomic E-state index is 0.0511. The van der Waals surface area contributed by atoms with Gasteiger partial charge in [0, 0.05) is 24.4 Å². The lowest BCUT2D eigenvalue weighted by Crippen LogP contribution is -2.35. The van der Waals surface area contributed by atoms with Crippen LogP contribution in [0.1, 0.15) is 70.8 Å². The second-order valence-corrected chi connectivity index (χ2v) is 8.59. The third-order valence-electron chi connectivity index (χ3n) is 6.45. The third-order valence-corrected chi connectivity index (χ3v) is 6.45. The van der Waals surface area contributed by atoms with Gasteiger partial charge in [0.1, 0.15) is 11.6 Å². The van der Waals surface area contributed by atoms with Gasteiger partial charge >= 0.3 is 0 Å². The van der Waals surface area contributed by atoms with E-state index in [1.807, 2.05) is 0 Å². The SMILES string of the molecule is CC1(C)CC1(CNC(=O)CCC1CCCCC1)c1ccc(F)cc1F. The molecule has 2 aliphatic carbocycles.